The van der Waals surface area contributed by atoms with Gasteiger partial charge in [0, 0.05) is 16.2 Å². The van der Waals surface area contributed by atoms with Gasteiger partial charge in [0.05, 0.1) is 13.5 Å². The van der Waals surface area contributed by atoms with Crippen LogP contribution >= 0.6 is 24.4 Å². The van der Waals surface area contributed by atoms with E-state index in [2.05, 4.69) is 17.9 Å². The van der Waals surface area contributed by atoms with Gasteiger partial charge in [-0.25, -0.2) is 4.79 Å². The Morgan fingerprint density at radius 1 is 1.16 bits per heavy atom. The van der Waals surface area contributed by atoms with Crippen molar-refractivity contribution in [1.82, 2.24) is 10.2 Å². The second-order valence-electron chi connectivity index (χ2n) is 7.30. The van der Waals surface area contributed by atoms with Gasteiger partial charge in [-0.3, -0.25) is 14.5 Å². The highest BCUT2D eigenvalue weighted by molar-refractivity contribution is 8.01. The molecule has 32 heavy (non-hydrogen) atoms. The standard InChI is InChI=1S/C23H22N2O5S2/c1-29-16-10-6-5-9-15(16)12-30-23(28)20-17(31)13-32-22-19(21(27)25(20)22)24-18(26)11-14-7-3-2-4-8-14/h2-10,19,22,31H,11-13H2,1H3,(H,24,26)/t19-,22-/m1/s1. The molecule has 2 aliphatic rings. The molecular weight excluding hydrogens is 448 g/mol. The van der Waals surface area contributed by atoms with Crippen molar-refractivity contribution in [2.24, 2.45) is 0 Å². The summed E-state index contributed by atoms with van der Waals surface area (Å²) in [5.41, 5.74) is 1.71. The zero-order valence-electron chi connectivity index (χ0n) is 17.3. The van der Waals surface area contributed by atoms with Crippen molar-refractivity contribution in [3.8, 4) is 5.75 Å². The maximum atomic E-state index is 12.8. The van der Waals surface area contributed by atoms with Gasteiger partial charge < -0.3 is 14.8 Å². The normalized spacial score (nSPS) is 19.7. The molecular formula is C23H22N2O5S2. The van der Waals surface area contributed by atoms with Crippen LogP contribution < -0.4 is 10.1 Å². The molecule has 2 aromatic rings. The van der Waals surface area contributed by atoms with Crippen molar-refractivity contribution in [3.63, 3.8) is 0 Å². The minimum atomic E-state index is -0.685. The molecule has 0 aliphatic carbocycles. The lowest BCUT2D eigenvalue weighted by Gasteiger charge is -2.49. The van der Waals surface area contributed by atoms with Gasteiger partial charge in [-0.15, -0.1) is 24.4 Å². The van der Waals surface area contributed by atoms with Crippen LogP contribution in [0.3, 0.4) is 0 Å². The molecule has 2 amide bonds. The Labute approximate surface area is 195 Å². The molecule has 0 saturated carbocycles. The molecule has 2 aromatic carbocycles. The highest BCUT2D eigenvalue weighted by Gasteiger charge is 2.54. The summed E-state index contributed by atoms with van der Waals surface area (Å²) >= 11 is 5.86. The van der Waals surface area contributed by atoms with Gasteiger partial charge >= 0.3 is 5.97 Å². The number of hydrogen-bond acceptors (Lipinski definition) is 7. The predicted molar refractivity (Wildman–Crippen MR) is 124 cm³/mol. The minimum Gasteiger partial charge on any atom is -0.496 e. The lowest BCUT2D eigenvalue weighted by molar-refractivity contribution is -0.153. The van der Waals surface area contributed by atoms with Crippen LogP contribution in [0.25, 0.3) is 0 Å². The predicted octanol–water partition coefficient (Wildman–Crippen LogP) is 2.52. The summed E-state index contributed by atoms with van der Waals surface area (Å²) in [4.78, 5) is 39.9. The molecule has 0 unspecified atom stereocenters. The zero-order valence-corrected chi connectivity index (χ0v) is 19.0. The lowest BCUT2D eigenvalue weighted by atomic mass is 10.0. The molecule has 0 aromatic heterocycles. The number of hydrogen-bond donors (Lipinski definition) is 2. The lowest BCUT2D eigenvalue weighted by Crippen LogP contribution is -2.70. The molecule has 1 saturated heterocycles. The van der Waals surface area contributed by atoms with Crippen LogP contribution in [0.2, 0.25) is 0 Å². The third-order valence-corrected chi connectivity index (χ3v) is 7.08. The molecule has 2 atom stereocenters. The Hall–Kier alpha value is -2.91. The van der Waals surface area contributed by atoms with E-state index in [0.29, 0.717) is 22.0 Å². The van der Waals surface area contributed by atoms with E-state index in [0.717, 1.165) is 5.56 Å². The monoisotopic (exact) mass is 470 g/mol. The molecule has 1 N–H and O–H groups in total. The zero-order chi connectivity index (χ0) is 22.7. The molecule has 9 heteroatoms. The van der Waals surface area contributed by atoms with Crippen LogP contribution in [0.1, 0.15) is 11.1 Å². The number of fused-ring (bicyclic) bond motifs is 1. The SMILES string of the molecule is COc1ccccc1COC(=O)C1=C(S)CS[C@@H]2[C@H](NC(=O)Cc3ccccc3)C(=O)N12. The quantitative estimate of drug-likeness (QED) is 0.368. The molecule has 0 bridgehead atoms. The number of carbonyl (C=O) groups is 3. The second kappa shape index (κ2) is 9.70. The van der Waals surface area contributed by atoms with E-state index in [9.17, 15) is 14.4 Å². The van der Waals surface area contributed by atoms with Crippen LogP contribution in [-0.4, -0.2) is 47.0 Å². The number of nitrogens with zero attached hydrogens (tertiary/aromatic N) is 1. The van der Waals surface area contributed by atoms with Gasteiger partial charge in [0.1, 0.15) is 29.5 Å². The average molecular weight is 471 g/mol. The molecule has 0 radical (unpaired) electrons. The Kier molecular flexibility index (Phi) is 6.76. The summed E-state index contributed by atoms with van der Waals surface area (Å²) in [6.45, 7) is 0.00445. The first-order chi connectivity index (χ1) is 15.5. The number of rotatable bonds is 7. The fourth-order valence-electron chi connectivity index (χ4n) is 3.63. The van der Waals surface area contributed by atoms with Gasteiger partial charge in [0.25, 0.3) is 5.91 Å². The Balaban J connectivity index is 1.40. The molecule has 2 heterocycles. The first-order valence-electron chi connectivity index (χ1n) is 9.98. The van der Waals surface area contributed by atoms with Crippen LogP contribution in [0.5, 0.6) is 5.75 Å². The summed E-state index contributed by atoms with van der Waals surface area (Å²) in [6.07, 6.45) is 0.184. The highest BCUT2D eigenvalue weighted by atomic mass is 32.2. The summed E-state index contributed by atoms with van der Waals surface area (Å²) < 4.78 is 10.7. The second-order valence-corrected chi connectivity index (χ2v) is 8.95. The van der Waals surface area contributed by atoms with E-state index in [1.165, 1.54) is 16.7 Å². The number of carbonyl (C=O) groups excluding carboxylic acids is 3. The maximum absolute atomic E-state index is 12.8. The van der Waals surface area contributed by atoms with E-state index in [4.69, 9.17) is 9.47 Å². The first kappa shape index (κ1) is 22.3. The van der Waals surface area contributed by atoms with Crippen LogP contribution in [0, 0.1) is 0 Å². The minimum absolute atomic E-state index is 0.00445. The Morgan fingerprint density at radius 2 is 1.88 bits per heavy atom. The third kappa shape index (κ3) is 4.49. The molecule has 0 spiro atoms. The number of amides is 2. The molecule has 7 nitrogen and oxygen atoms in total. The Morgan fingerprint density at radius 3 is 2.62 bits per heavy atom. The van der Waals surface area contributed by atoms with Gasteiger partial charge in [-0.1, -0.05) is 48.5 Å². The fraction of sp³-hybridized carbons (Fsp3) is 0.261. The van der Waals surface area contributed by atoms with E-state index in [1.807, 2.05) is 42.5 Å². The van der Waals surface area contributed by atoms with Crippen molar-refractivity contribution >= 4 is 42.2 Å². The van der Waals surface area contributed by atoms with Crippen LogP contribution in [0.4, 0.5) is 0 Å². The third-order valence-electron chi connectivity index (χ3n) is 5.22. The van der Waals surface area contributed by atoms with Crippen molar-refractivity contribution in [2.75, 3.05) is 12.9 Å². The van der Waals surface area contributed by atoms with Gasteiger partial charge in [0.15, 0.2) is 0 Å². The van der Waals surface area contributed by atoms with Crippen molar-refractivity contribution in [3.05, 3.63) is 76.3 Å². The van der Waals surface area contributed by atoms with Gasteiger partial charge in [-0.05, 0) is 11.6 Å². The molecule has 166 valence electrons. The highest BCUT2D eigenvalue weighted by Crippen LogP contribution is 2.41. The number of thioether (sulfide) groups is 1. The van der Waals surface area contributed by atoms with E-state index in [-0.39, 0.29) is 35.9 Å². The number of para-hydroxylation sites is 1. The maximum Gasteiger partial charge on any atom is 0.356 e. The average Bonchev–Trinajstić information content (AvgIpc) is 2.81. The molecule has 4 rings (SSSR count). The number of methoxy groups -OCH3 is 1. The van der Waals surface area contributed by atoms with Gasteiger partial charge in [-0.2, -0.15) is 0 Å². The van der Waals surface area contributed by atoms with E-state index >= 15 is 0 Å². The smallest absolute Gasteiger partial charge is 0.356 e. The number of benzene rings is 2. The summed E-state index contributed by atoms with van der Waals surface area (Å²) in [5, 5.41) is 2.43. The number of nitrogens with one attached hydrogen (secondary N) is 1. The number of β-lactam (4-membered cyclic amide) rings is 1. The Bertz CT molecular complexity index is 1070. The first-order valence-corrected chi connectivity index (χ1v) is 11.5. The number of thiol groups is 1. The summed E-state index contributed by atoms with van der Waals surface area (Å²) in [5.74, 6) is -0.163. The molecule has 2 aliphatic heterocycles. The fourth-order valence-corrected chi connectivity index (χ4v) is 5.26. The van der Waals surface area contributed by atoms with Gasteiger partial charge in [0.2, 0.25) is 5.91 Å². The summed E-state index contributed by atoms with van der Waals surface area (Å²) in [7, 11) is 1.54. The van der Waals surface area contributed by atoms with E-state index in [1.54, 1.807) is 19.2 Å². The number of ether oxygens (including phenoxy) is 2. The van der Waals surface area contributed by atoms with Crippen molar-refractivity contribution in [2.45, 2.75) is 24.4 Å². The van der Waals surface area contributed by atoms with Crippen molar-refractivity contribution in [1.29, 1.82) is 0 Å². The largest absolute Gasteiger partial charge is 0.496 e. The van der Waals surface area contributed by atoms with Crippen LogP contribution in [0.15, 0.2) is 65.2 Å². The topological polar surface area (TPSA) is 84.9 Å². The van der Waals surface area contributed by atoms with Crippen molar-refractivity contribution < 1.29 is 23.9 Å². The molecule has 1 fully saturated rings. The number of esters is 1. The summed E-state index contributed by atoms with van der Waals surface area (Å²) in [6, 6.07) is 15.9. The van der Waals surface area contributed by atoms with Crippen LogP contribution in [-0.2, 0) is 32.1 Å². The van der Waals surface area contributed by atoms with E-state index < -0.39 is 12.0 Å².